The van der Waals surface area contributed by atoms with Crippen LogP contribution in [0, 0.1) is 0 Å². The number of carbonyl (C=O) groups is 3. The largest absolute Gasteiger partial charge is 0.477 e. The maximum atomic E-state index is 13.0. The van der Waals surface area contributed by atoms with Gasteiger partial charge >= 0.3 is 5.97 Å². The number of thioether (sulfide) groups is 1. The van der Waals surface area contributed by atoms with E-state index in [0.29, 0.717) is 16.4 Å². The maximum absolute atomic E-state index is 13.0. The van der Waals surface area contributed by atoms with E-state index in [4.69, 9.17) is 10.6 Å². The Labute approximate surface area is 202 Å². The number of aromatic nitrogens is 2. The summed E-state index contributed by atoms with van der Waals surface area (Å²) in [5.41, 5.74) is 6.31. The van der Waals surface area contributed by atoms with Gasteiger partial charge in [-0.05, 0) is 6.07 Å². The van der Waals surface area contributed by atoms with Crippen LogP contribution in [0.25, 0.3) is 4.91 Å². The van der Waals surface area contributed by atoms with Crippen LogP contribution in [0.4, 0.5) is 5.13 Å². The van der Waals surface area contributed by atoms with Crippen molar-refractivity contribution in [1.29, 1.82) is 0 Å². The molecule has 4 heterocycles. The molecule has 0 bridgehead atoms. The fourth-order valence-electron chi connectivity index (χ4n) is 3.62. The fraction of sp³-hybridized carbons (Fsp3) is 0.238. The Morgan fingerprint density at radius 1 is 1.50 bits per heavy atom. The Balaban J connectivity index is 1.58. The summed E-state index contributed by atoms with van der Waals surface area (Å²) in [6.07, 6.45) is 3.26. The highest BCUT2D eigenvalue weighted by atomic mass is 32.2. The van der Waals surface area contributed by atoms with Crippen molar-refractivity contribution in [2.24, 2.45) is 12.2 Å². The molecule has 34 heavy (non-hydrogen) atoms. The first-order valence-electron chi connectivity index (χ1n) is 10.0. The number of fused-ring (bicyclic) bond motifs is 1. The Hall–Kier alpha value is -3.71. The van der Waals surface area contributed by atoms with Crippen LogP contribution >= 0.6 is 23.1 Å². The third-order valence-electron chi connectivity index (χ3n) is 5.18. The summed E-state index contributed by atoms with van der Waals surface area (Å²) in [5.74, 6) is -2.01. The number of hydrogen-bond donors (Lipinski definition) is 3. The summed E-state index contributed by atoms with van der Waals surface area (Å²) in [7, 11) is 1.80. The van der Waals surface area contributed by atoms with Crippen LogP contribution in [0.2, 0.25) is 0 Å². The molecule has 0 radical (unpaired) electrons. The molecule has 0 aliphatic carbocycles. The van der Waals surface area contributed by atoms with E-state index in [1.807, 2.05) is 6.07 Å². The van der Waals surface area contributed by atoms with Gasteiger partial charge in [0.1, 0.15) is 30.3 Å². The molecule has 2 amide bonds. The van der Waals surface area contributed by atoms with Crippen molar-refractivity contribution in [2.75, 3.05) is 18.1 Å². The lowest BCUT2D eigenvalue weighted by atomic mass is 9.94. The second-order valence-corrected chi connectivity index (χ2v) is 9.23. The highest BCUT2D eigenvalue weighted by Crippen LogP contribution is 2.42. The summed E-state index contributed by atoms with van der Waals surface area (Å²) < 4.78 is 1.79. The highest BCUT2D eigenvalue weighted by Gasteiger charge is 2.55. The number of carboxylic acids is 1. The number of nitrogens with one attached hydrogen (secondary N) is 1. The highest BCUT2D eigenvalue weighted by molar-refractivity contribution is 8.08. The second kappa shape index (κ2) is 9.65. The first kappa shape index (κ1) is 23.4. The minimum Gasteiger partial charge on any atom is -0.477 e. The van der Waals surface area contributed by atoms with E-state index in [9.17, 15) is 19.5 Å². The van der Waals surface area contributed by atoms with Gasteiger partial charge in [0.15, 0.2) is 22.7 Å². The normalized spacial score (nSPS) is 19.9. The van der Waals surface area contributed by atoms with E-state index in [1.165, 1.54) is 22.7 Å². The summed E-state index contributed by atoms with van der Waals surface area (Å²) in [5, 5.41) is 18.2. The summed E-state index contributed by atoms with van der Waals surface area (Å²) in [6.45, 7) is 3.59. The molecule has 2 aliphatic heterocycles. The zero-order chi connectivity index (χ0) is 24.4. The van der Waals surface area contributed by atoms with Crippen molar-refractivity contribution in [1.82, 2.24) is 15.2 Å². The lowest BCUT2D eigenvalue weighted by Crippen LogP contribution is -2.73. The van der Waals surface area contributed by atoms with E-state index in [-0.39, 0.29) is 28.8 Å². The topological polar surface area (TPSA) is 151 Å². The van der Waals surface area contributed by atoms with Crippen LogP contribution < -0.4 is 15.6 Å². The van der Waals surface area contributed by atoms with Gasteiger partial charge in [-0.25, -0.2) is 14.3 Å². The Kier molecular flexibility index (Phi) is 6.65. The number of anilines is 1. The van der Waals surface area contributed by atoms with E-state index in [2.05, 4.69) is 22.0 Å². The third kappa shape index (κ3) is 4.26. The SMILES string of the molecule is C=CCON=C(C(=O)NC1C(=O)N2C(C(=O)O)=C(c3cccc[n+]3C)SCC12)c1csc(N)n1. The van der Waals surface area contributed by atoms with Gasteiger partial charge < -0.3 is 21.0 Å². The number of amides is 2. The summed E-state index contributed by atoms with van der Waals surface area (Å²) in [6, 6.07) is 3.98. The molecule has 0 saturated carbocycles. The van der Waals surface area contributed by atoms with Crippen molar-refractivity contribution in [3.63, 3.8) is 0 Å². The van der Waals surface area contributed by atoms with Crippen LogP contribution in [0.5, 0.6) is 0 Å². The molecule has 176 valence electrons. The van der Waals surface area contributed by atoms with Crippen LogP contribution in [0.15, 0.2) is 53.3 Å². The van der Waals surface area contributed by atoms with Gasteiger partial charge in [0.25, 0.3) is 11.8 Å². The van der Waals surface area contributed by atoms with E-state index >= 15 is 0 Å². The number of aryl methyl sites for hydroxylation is 1. The first-order valence-corrected chi connectivity index (χ1v) is 11.9. The molecule has 2 atom stereocenters. The molecule has 1 fully saturated rings. The number of β-lactam (4-membered cyclic amide) rings is 1. The molecule has 0 aromatic carbocycles. The number of nitrogen functional groups attached to an aromatic ring is 1. The number of hydrogen-bond acceptors (Lipinski definition) is 9. The molecular formula is C21H21N6O5S2+. The molecule has 13 heteroatoms. The lowest BCUT2D eigenvalue weighted by Gasteiger charge is -2.49. The molecule has 1 saturated heterocycles. The Morgan fingerprint density at radius 3 is 2.94 bits per heavy atom. The standard InChI is InChI=1S/C21H20N6O5S2/c1-3-8-32-25-14(11-9-34-21(22)23-11)18(28)24-15-13-10-33-17(12-6-4-5-7-26(12)2)16(20(30)31)27(13)19(15)29/h3-7,9,13,15H,1,8,10H2,2H3,(H3-,22,23,24,28,30,31)/p+1. The second-order valence-electron chi connectivity index (χ2n) is 7.31. The zero-order valence-electron chi connectivity index (χ0n) is 18.0. The molecule has 2 aromatic heterocycles. The quantitative estimate of drug-likeness (QED) is 0.117. The molecule has 11 nitrogen and oxygen atoms in total. The Morgan fingerprint density at radius 2 is 2.29 bits per heavy atom. The number of thiazole rings is 1. The molecule has 2 unspecified atom stereocenters. The average molecular weight is 502 g/mol. The van der Waals surface area contributed by atoms with Crippen LogP contribution in [0.3, 0.4) is 0 Å². The van der Waals surface area contributed by atoms with E-state index in [0.717, 1.165) is 11.3 Å². The van der Waals surface area contributed by atoms with Crippen molar-refractivity contribution >= 4 is 56.6 Å². The van der Waals surface area contributed by atoms with Crippen LogP contribution in [-0.4, -0.2) is 62.9 Å². The van der Waals surface area contributed by atoms with Crippen molar-refractivity contribution in [2.45, 2.75) is 12.1 Å². The molecule has 2 aliphatic rings. The number of carboxylic acid groups (broad SMARTS) is 1. The van der Waals surface area contributed by atoms with Gasteiger partial charge in [-0.2, -0.15) is 0 Å². The minimum atomic E-state index is -1.22. The summed E-state index contributed by atoms with van der Waals surface area (Å²) in [4.78, 5) is 49.0. The van der Waals surface area contributed by atoms with Gasteiger partial charge in [-0.15, -0.1) is 23.1 Å². The van der Waals surface area contributed by atoms with Gasteiger partial charge in [0.05, 0.1) is 6.04 Å². The minimum absolute atomic E-state index is 0.0677. The van der Waals surface area contributed by atoms with Gasteiger partial charge in [-0.1, -0.05) is 17.8 Å². The van der Waals surface area contributed by atoms with Crippen LogP contribution in [0.1, 0.15) is 11.4 Å². The monoisotopic (exact) mass is 501 g/mol. The number of nitrogens with zero attached hydrogens (tertiary/aromatic N) is 4. The molecule has 4 N–H and O–H groups in total. The van der Waals surface area contributed by atoms with Crippen molar-refractivity contribution < 1.29 is 28.9 Å². The Bertz CT molecular complexity index is 1240. The smallest absolute Gasteiger partial charge is 0.354 e. The molecule has 2 aromatic rings. The predicted molar refractivity (Wildman–Crippen MR) is 126 cm³/mol. The van der Waals surface area contributed by atoms with Gasteiger partial charge in [0.2, 0.25) is 5.69 Å². The molecule has 4 rings (SSSR count). The van der Waals surface area contributed by atoms with Gasteiger partial charge in [0, 0.05) is 23.3 Å². The lowest BCUT2D eigenvalue weighted by molar-refractivity contribution is -0.673. The fourth-order valence-corrected chi connectivity index (χ4v) is 5.52. The number of oxime groups is 1. The van der Waals surface area contributed by atoms with E-state index in [1.54, 1.807) is 35.3 Å². The van der Waals surface area contributed by atoms with Crippen LogP contribution in [-0.2, 0) is 26.3 Å². The van der Waals surface area contributed by atoms with Crippen molar-refractivity contribution in [3.8, 4) is 0 Å². The number of rotatable bonds is 8. The predicted octanol–water partition coefficient (Wildman–Crippen LogP) is 0.352. The number of pyridine rings is 1. The number of aliphatic carboxylic acids is 1. The van der Waals surface area contributed by atoms with E-state index < -0.39 is 29.9 Å². The molecule has 0 spiro atoms. The van der Waals surface area contributed by atoms with Crippen molar-refractivity contribution in [3.05, 3.63) is 59.5 Å². The summed E-state index contributed by atoms with van der Waals surface area (Å²) >= 11 is 2.46. The molecular weight excluding hydrogens is 480 g/mol. The first-order chi connectivity index (χ1) is 16.3. The zero-order valence-corrected chi connectivity index (χ0v) is 19.6. The average Bonchev–Trinajstić information content (AvgIpc) is 3.25. The third-order valence-corrected chi connectivity index (χ3v) is 7.05. The number of nitrogens with two attached hydrogens (primary N) is 1. The number of carbonyl (C=O) groups excluding carboxylic acids is 2. The maximum Gasteiger partial charge on any atom is 0.354 e. The van der Waals surface area contributed by atoms with Gasteiger partial charge in [-0.3, -0.25) is 14.5 Å².